The van der Waals surface area contributed by atoms with Gasteiger partial charge >= 0.3 is 6.18 Å². The second-order valence-electron chi connectivity index (χ2n) is 3.90. The van der Waals surface area contributed by atoms with Crippen LogP contribution in [0.25, 0.3) is 0 Å². The van der Waals surface area contributed by atoms with Crippen LogP contribution >= 0.6 is 0 Å². The summed E-state index contributed by atoms with van der Waals surface area (Å²) in [5, 5.41) is 3.04. The topological polar surface area (TPSA) is 15.3 Å². The maximum absolute atomic E-state index is 11.8. The third-order valence-corrected chi connectivity index (χ3v) is 2.41. The van der Waals surface area contributed by atoms with Crippen LogP contribution in [0.3, 0.4) is 0 Å². The van der Waals surface area contributed by atoms with Crippen molar-refractivity contribution in [1.29, 1.82) is 0 Å². The maximum Gasteiger partial charge on any atom is 0.389 e. The molecule has 0 aromatic rings. The van der Waals surface area contributed by atoms with Crippen molar-refractivity contribution in [3.63, 3.8) is 0 Å². The van der Waals surface area contributed by atoms with Crippen molar-refractivity contribution < 1.29 is 13.2 Å². The van der Waals surface area contributed by atoms with E-state index in [0.717, 1.165) is 32.6 Å². The zero-order valence-electron chi connectivity index (χ0n) is 10.2. The van der Waals surface area contributed by atoms with E-state index in [0.29, 0.717) is 6.54 Å². The number of halogens is 3. The van der Waals surface area contributed by atoms with Gasteiger partial charge in [0.2, 0.25) is 0 Å². The highest BCUT2D eigenvalue weighted by Crippen LogP contribution is 2.20. The standard InChI is InChI=1S/C11H23F3N2/c1-3-9-16(4-2)10-8-15-7-5-6-11(12,13)14/h15H,3-10H2,1-2H3. The van der Waals surface area contributed by atoms with Gasteiger partial charge in [-0.2, -0.15) is 13.2 Å². The summed E-state index contributed by atoms with van der Waals surface area (Å²) >= 11 is 0. The molecule has 5 heteroatoms. The summed E-state index contributed by atoms with van der Waals surface area (Å²) in [6.07, 6.45) is -3.42. The van der Waals surface area contributed by atoms with E-state index in [9.17, 15) is 13.2 Å². The molecule has 2 nitrogen and oxygen atoms in total. The van der Waals surface area contributed by atoms with Gasteiger partial charge in [0.25, 0.3) is 0 Å². The molecule has 0 rings (SSSR count). The number of rotatable bonds is 9. The molecule has 0 aromatic heterocycles. The van der Waals surface area contributed by atoms with Crippen molar-refractivity contribution in [1.82, 2.24) is 10.2 Å². The van der Waals surface area contributed by atoms with Crippen molar-refractivity contribution in [3.05, 3.63) is 0 Å². The smallest absolute Gasteiger partial charge is 0.315 e. The zero-order valence-corrected chi connectivity index (χ0v) is 10.2. The molecule has 0 amide bonds. The Kier molecular flexibility index (Phi) is 8.66. The van der Waals surface area contributed by atoms with Crippen molar-refractivity contribution in [2.45, 2.75) is 39.3 Å². The highest BCUT2D eigenvalue weighted by atomic mass is 19.4. The lowest BCUT2D eigenvalue weighted by Crippen LogP contribution is -2.33. The molecule has 0 heterocycles. The number of likely N-dealkylation sites (N-methyl/N-ethyl adjacent to an activating group) is 1. The van der Waals surface area contributed by atoms with Crippen molar-refractivity contribution in [2.75, 3.05) is 32.7 Å². The number of hydrogen-bond donors (Lipinski definition) is 1. The quantitative estimate of drug-likeness (QED) is 0.623. The van der Waals surface area contributed by atoms with Gasteiger partial charge in [-0.1, -0.05) is 13.8 Å². The molecular weight excluding hydrogens is 217 g/mol. The Balaban J connectivity index is 3.32. The lowest BCUT2D eigenvalue weighted by atomic mass is 10.3. The summed E-state index contributed by atoms with van der Waals surface area (Å²) in [7, 11) is 0. The van der Waals surface area contributed by atoms with Gasteiger partial charge in [-0.25, -0.2) is 0 Å². The van der Waals surface area contributed by atoms with Gasteiger partial charge < -0.3 is 10.2 Å². The fourth-order valence-electron chi connectivity index (χ4n) is 1.52. The average Bonchev–Trinajstić information content (AvgIpc) is 2.20. The minimum Gasteiger partial charge on any atom is -0.315 e. The fourth-order valence-corrected chi connectivity index (χ4v) is 1.52. The monoisotopic (exact) mass is 240 g/mol. The predicted molar refractivity (Wildman–Crippen MR) is 60.6 cm³/mol. The van der Waals surface area contributed by atoms with Crippen LogP contribution in [0.15, 0.2) is 0 Å². The number of nitrogens with zero attached hydrogens (tertiary/aromatic N) is 1. The van der Waals surface area contributed by atoms with Gasteiger partial charge in [0.1, 0.15) is 0 Å². The largest absolute Gasteiger partial charge is 0.389 e. The maximum atomic E-state index is 11.8. The van der Waals surface area contributed by atoms with Crippen molar-refractivity contribution in [2.24, 2.45) is 0 Å². The Bertz CT molecular complexity index is 160. The Morgan fingerprint density at radius 3 is 2.25 bits per heavy atom. The van der Waals surface area contributed by atoms with Gasteiger partial charge in [-0.15, -0.1) is 0 Å². The third-order valence-electron chi connectivity index (χ3n) is 2.41. The molecule has 1 N–H and O–H groups in total. The first kappa shape index (κ1) is 15.7. The van der Waals surface area contributed by atoms with E-state index >= 15 is 0 Å². The van der Waals surface area contributed by atoms with Crippen LogP contribution in [-0.2, 0) is 0 Å². The van der Waals surface area contributed by atoms with E-state index in [2.05, 4.69) is 24.1 Å². The Morgan fingerprint density at radius 1 is 1.06 bits per heavy atom. The minimum atomic E-state index is -4.01. The molecule has 16 heavy (non-hydrogen) atoms. The molecule has 0 spiro atoms. The summed E-state index contributed by atoms with van der Waals surface area (Å²) < 4.78 is 35.4. The first-order chi connectivity index (χ1) is 7.49. The molecule has 0 saturated heterocycles. The van der Waals surface area contributed by atoms with Crippen LogP contribution in [0.2, 0.25) is 0 Å². The van der Waals surface area contributed by atoms with E-state index in [1.54, 1.807) is 0 Å². The third kappa shape index (κ3) is 10.2. The van der Waals surface area contributed by atoms with Crippen LogP contribution in [0.1, 0.15) is 33.1 Å². The van der Waals surface area contributed by atoms with E-state index in [-0.39, 0.29) is 6.42 Å². The Hall–Kier alpha value is -0.290. The summed E-state index contributed by atoms with van der Waals surface area (Å²) in [6.45, 7) is 8.41. The van der Waals surface area contributed by atoms with Gasteiger partial charge in [-0.3, -0.25) is 0 Å². The first-order valence-electron chi connectivity index (χ1n) is 5.99. The van der Waals surface area contributed by atoms with Crippen molar-refractivity contribution >= 4 is 0 Å². The molecule has 0 atom stereocenters. The Labute approximate surface area is 96.2 Å². The second-order valence-corrected chi connectivity index (χ2v) is 3.90. The molecule has 0 unspecified atom stereocenters. The van der Waals surface area contributed by atoms with Gasteiger partial charge in [0, 0.05) is 19.5 Å². The summed E-state index contributed by atoms with van der Waals surface area (Å²) in [6, 6.07) is 0. The average molecular weight is 240 g/mol. The molecule has 0 fully saturated rings. The van der Waals surface area contributed by atoms with Gasteiger partial charge in [-0.05, 0) is 32.5 Å². The molecule has 0 aliphatic rings. The first-order valence-corrected chi connectivity index (χ1v) is 5.99. The summed E-state index contributed by atoms with van der Waals surface area (Å²) in [5.41, 5.74) is 0. The fraction of sp³-hybridized carbons (Fsp3) is 1.00. The lowest BCUT2D eigenvalue weighted by Gasteiger charge is -2.19. The van der Waals surface area contributed by atoms with Crippen LogP contribution in [0.5, 0.6) is 0 Å². The predicted octanol–water partition coefficient (Wildman–Crippen LogP) is 2.65. The van der Waals surface area contributed by atoms with Crippen LogP contribution < -0.4 is 5.32 Å². The number of nitrogens with one attached hydrogen (secondary N) is 1. The van der Waals surface area contributed by atoms with Crippen LogP contribution in [0.4, 0.5) is 13.2 Å². The highest BCUT2D eigenvalue weighted by Gasteiger charge is 2.25. The Morgan fingerprint density at radius 2 is 1.75 bits per heavy atom. The molecule has 0 radical (unpaired) electrons. The molecule has 0 aromatic carbocycles. The van der Waals surface area contributed by atoms with Gasteiger partial charge in [0.15, 0.2) is 0 Å². The SMILES string of the molecule is CCCN(CC)CCNCCCC(F)(F)F. The highest BCUT2D eigenvalue weighted by molar-refractivity contribution is 4.58. The zero-order chi connectivity index (χ0) is 12.4. The molecule has 0 aliphatic heterocycles. The molecular formula is C11H23F3N2. The normalized spacial score (nSPS) is 12.4. The summed E-state index contributed by atoms with van der Waals surface area (Å²) in [4.78, 5) is 2.29. The summed E-state index contributed by atoms with van der Waals surface area (Å²) in [5.74, 6) is 0. The number of hydrogen-bond acceptors (Lipinski definition) is 2. The lowest BCUT2D eigenvalue weighted by molar-refractivity contribution is -0.135. The molecule has 98 valence electrons. The number of alkyl halides is 3. The molecule has 0 aliphatic carbocycles. The van der Waals surface area contributed by atoms with E-state index in [1.807, 2.05) is 0 Å². The van der Waals surface area contributed by atoms with Gasteiger partial charge in [0.05, 0.1) is 0 Å². The van der Waals surface area contributed by atoms with E-state index < -0.39 is 12.6 Å². The second kappa shape index (κ2) is 8.82. The van der Waals surface area contributed by atoms with Crippen LogP contribution in [0, 0.1) is 0 Å². The minimum absolute atomic E-state index is 0.170. The van der Waals surface area contributed by atoms with Crippen molar-refractivity contribution in [3.8, 4) is 0 Å². The van der Waals surface area contributed by atoms with Crippen LogP contribution in [-0.4, -0.2) is 43.8 Å². The van der Waals surface area contributed by atoms with E-state index in [4.69, 9.17) is 0 Å². The van der Waals surface area contributed by atoms with E-state index in [1.165, 1.54) is 0 Å². The molecule has 0 saturated carbocycles. The molecule has 0 bridgehead atoms.